The zero-order valence-electron chi connectivity index (χ0n) is 12.6. The molecule has 5 nitrogen and oxygen atoms in total. The molecular formula is C16H16FNO4S. The smallest absolute Gasteiger partial charge is 0.335 e. The zero-order chi connectivity index (χ0) is 17.2. The number of carboxylic acids is 1. The molecule has 0 unspecified atom stereocenters. The van der Waals surface area contributed by atoms with Crippen molar-refractivity contribution in [2.45, 2.75) is 24.8 Å². The molecule has 0 atom stereocenters. The number of rotatable bonds is 5. The normalized spacial score (nSPS) is 11.7. The van der Waals surface area contributed by atoms with Crippen LogP contribution in [0.4, 0.5) is 4.39 Å². The molecule has 0 heterocycles. The Morgan fingerprint density at radius 3 is 2.26 bits per heavy atom. The van der Waals surface area contributed by atoms with Gasteiger partial charge in [0.25, 0.3) is 0 Å². The Kier molecular flexibility index (Phi) is 4.82. The van der Waals surface area contributed by atoms with Gasteiger partial charge in [0.1, 0.15) is 5.82 Å². The molecule has 0 bridgehead atoms. The summed E-state index contributed by atoms with van der Waals surface area (Å²) in [5, 5.41) is 8.97. The lowest BCUT2D eigenvalue weighted by Gasteiger charge is -2.10. The molecule has 2 N–H and O–H groups in total. The van der Waals surface area contributed by atoms with Crippen LogP contribution < -0.4 is 4.72 Å². The molecule has 0 fully saturated rings. The van der Waals surface area contributed by atoms with E-state index in [1.54, 1.807) is 13.8 Å². The second kappa shape index (κ2) is 6.47. The lowest BCUT2D eigenvalue weighted by atomic mass is 10.0. The van der Waals surface area contributed by atoms with Crippen LogP contribution in [0.2, 0.25) is 0 Å². The minimum atomic E-state index is -3.63. The van der Waals surface area contributed by atoms with Gasteiger partial charge in [-0.1, -0.05) is 12.1 Å². The van der Waals surface area contributed by atoms with Crippen LogP contribution in [0.3, 0.4) is 0 Å². The Hall–Kier alpha value is -2.25. The number of carbonyl (C=O) groups is 1. The lowest BCUT2D eigenvalue weighted by molar-refractivity contribution is 0.0697. The predicted molar refractivity (Wildman–Crippen MR) is 84.3 cm³/mol. The van der Waals surface area contributed by atoms with E-state index in [2.05, 4.69) is 4.72 Å². The molecule has 0 saturated carbocycles. The minimum Gasteiger partial charge on any atom is -0.478 e. The van der Waals surface area contributed by atoms with Crippen LogP contribution in [-0.4, -0.2) is 25.5 Å². The molecule has 0 aromatic heterocycles. The summed E-state index contributed by atoms with van der Waals surface area (Å²) in [6.45, 7) is 3.41. The van der Waals surface area contributed by atoms with Crippen molar-refractivity contribution in [2.24, 2.45) is 0 Å². The van der Waals surface area contributed by atoms with Gasteiger partial charge in [-0.2, -0.15) is 0 Å². The van der Waals surface area contributed by atoms with Crippen molar-refractivity contribution in [3.8, 4) is 11.1 Å². The van der Waals surface area contributed by atoms with E-state index >= 15 is 0 Å². The molecule has 0 aliphatic rings. The second-order valence-corrected chi connectivity index (χ2v) is 7.01. The Morgan fingerprint density at radius 1 is 1.13 bits per heavy atom. The van der Waals surface area contributed by atoms with Crippen molar-refractivity contribution in [3.05, 3.63) is 53.8 Å². The van der Waals surface area contributed by atoms with Gasteiger partial charge in [-0.25, -0.2) is 22.3 Å². The highest BCUT2D eigenvalue weighted by atomic mass is 32.2. The van der Waals surface area contributed by atoms with Crippen molar-refractivity contribution < 1.29 is 22.7 Å². The van der Waals surface area contributed by atoms with Gasteiger partial charge in [0.2, 0.25) is 10.0 Å². The number of sulfonamides is 1. The van der Waals surface area contributed by atoms with Crippen molar-refractivity contribution in [3.63, 3.8) is 0 Å². The Balaban J connectivity index is 2.41. The molecule has 0 saturated heterocycles. The third-order valence-electron chi connectivity index (χ3n) is 3.08. The first kappa shape index (κ1) is 17.1. The topological polar surface area (TPSA) is 83.5 Å². The van der Waals surface area contributed by atoms with E-state index in [1.807, 2.05) is 0 Å². The molecule has 2 aromatic rings. The van der Waals surface area contributed by atoms with Crippen molar-refractivity contribution in [1.82, 2.24) is 4.72 Å². The van der Waals surface area contributed by atoms with Crippen molar-refractivity contribution in [1.29, 1.82) is 0 Å². The van der Waals surface area contributed by atoms with Gasteiger partial charge in [0.15, 0.2) is 0 Å². The van der Waals surface area contributed by atoms with E-state index in [0.717, 1.165) is 6.07 Å². The summed E-state index contributed by atoms with van der Waals surface area (Å²) in [6, 6.07) is 8.81. The number of nitrogens with one attached hydrogen (secondary N) is 1. The highest BCUT2D eigenvalue weighted by molar-refractivity contribution is 7.89. The number of aromatic carboxylic acids is 1. The maximum absolute atomic E-state index is 13.9. The molecule has 2 aromatic carbocycles. The molecule has 23 heavy (non-hydrogen) atoms. The standard InChI is InChI=1S/C16H16FNO4S/c1-10(2)18-23(21,22)13-6-3-11(4-7-13)14-9-12(16(19)20)5-8-15(14)17/h3-10,18H,1-2H3,(H,19,20). The fraction of sp³-hybridized carbons (Fsp3) is 0.188. The van der Waals surface area contributed by atoms with E-state index in [1.165, 1.54) is 36.4 Å². The van der Waals surface area contributed by atoms with Gasteiger partial charge in [-0.05, 0) is 49.7 Å². The molecule has 0 aliphatic carbocycles. The maximum atomic E-state index is 13.9. The number of benzene rings is 2. The summed E-state index contributed by atoms with van der Waals surface area (Å²) >= 11 is 0. The first-order valence-electron chi connectivity index (χ1n) is 6.86. The third-order valence-corrected chi connectivity index (χ3v) is 4.75. The highest BCUT2D eigenvalue weighted by Crippen LogP contribution is 2.25. The van der Waals surface area contributed by atoms with Crippen LogP contribution in [0.25, 0.3) is 11.1 Å². The number of halogens is 1. The molecular weight excluding hydrogens is 321 g/mol. The van der Waals surface area contributed by atoms with E-state index in [4.69, 9.17) is 5.11 Å². The molecule has 122 valence electrons. The SMILES string of the molecule is CC(C)NS(=O)(=O)c1ccc(-c2cc(C(=O)O)ccc2F)cc1. The van der Waals surface area contributed by atoms with Gasteiger partial charge in [0, 0.05) is 11.6 Å². The summed E-state index contributed by atoms with van der Waals surface area (Å²) in [5.41, 5.74) is 0.458. The van der Waals surface area contributed by atoms with Crippen LogP contribution in [0, 0.1) is 5.82 Å². The van der Waals surface area contributed by atoms with Gasteiger partial charge in [-0.15, -0.1) is 0 Å². The summed E-state index contributed by atoms with van der Waals surface area (Å²) in [5.74, 6) is -1.74. The first-order valence-corrected chi connectivity index (χ1v) is 8.34. The fourth-order valence-electron chi connectivity index (χ4n) is 2.07. The monoisotopic (exact) mass is 337 g/mol. The molecule has 0 aliphatic heterocycles. The Labute approximate surface area is 133 Å². The summed E-state index contributed by atoms with van der Waals surface area (Å²) in [7, 11) is -3.63. The van der Waals surface area contributed by atoms with Crippen molar-refractivity contribution in [2.75, 3.05) is 0 Å². The second-order valence-electron chi connectivity index (χ2n) is 5.30. The van der Waals surface area contributed by atoms with Gasteiger partial charge in [0.05, 0.1) is 10.5 Å². The molecule has 0 spiro atoms. The summed E-state index contributed by atoms with van der Waals surface area (Å²) in [4.78, 5) is 11.0. The fourth-order valence-corrected chi connectivity index (χ4v) is 3.32. The largest absolute Gasteiger partial charge is 0.478 e. The van der Waals surface area contributed by atoms with Gasteiger partial charge in [-0.3, -0.25) is 0 Å². The Morgan fingerprint density at radius 2 is 1.74 bits per heavy atom. The van der Waals surface area contributed by atoms with E-state index in [-0.39, 0.29) is 22.1 Å². The number of hydrogen-bond acceptors (Lipinski definition) is 3. The molecule has 2 rings (SSSR count). The molecule has 0 radical (unpaired) electrons. The first-order chi connectivity index (χ1) is 10.7. The van der Waals surface area contributed by atoms with Gasteiger partial charge < -0.3 is 5.11 Å². The van der Waals surface area contributed by atoms with E-state index < -0.39 is 21.8 Å². The lowest BCUT2D eigenvalue weighted by Crippen LogP contribution is -2.30. The van der Waals surface area contributed by atoms with E-state index in [0.29, 0.717) is 5.56 Å². The third kappa shape index (κ3) is 3.94. The maximum Gasteiger partial charge on any atom is 0.335 e. The highest BCUT2D eigenvalue weighted by Gasteiger charge is 2.16. The zero-order valence-corrected chi connectivity index (χ0v) is 13.4. The van der Waals surface area contributed by atoms with Crippen molar-refractivity contribution >= 4 is 16.0 Å². The van der Waals surface area contributed by atoms with Gasteiger partial charge >= 0.3 is 5.97 Å². The number of hydrogen-bond donors (Lipinski definition) is 2. The van der Waals surface area contributed by atoms with Crippen LogP contribution in [0.15, 0.2) is 47.4 Å². The molecule has 7 heteroatoms. The number of carboxylic acid groups (broad SMARTS) is 1. The van der Waals surface area contributed by atoms with E-state index in [9.17, 15) is 17.6 Å². The van der Waals surface area contributed by atoms with Crippen LogP contribution in [0.5, 0.6) is 0 Å². The van der Waals surface area contributed by atoms with Crippen LogP contribution >= 0.6 is 0 Å². The van der Waals surface area contributed by atoms with Crippen LogP contribution in [0.1, 0.15) is 24.2 Å². The molecule has 0 amide bonds. The Bertz CT molecular complexity index is 830. The summed E-state index contributed by atoms with van der Waals surface area (Å²) in [6.07, 6.45) is 0. The average Bonchev–Trinajstić information content (AvgIpc) is 2.46. The van der Waals surface area contributed by atoms with Crippen LogP contribution in [-0.2, 0) is 10.0 Å². The summed E-state index contributed by atoms with van der Waals surface area (Å²) < 4.78 is 40.4. The minimum absolute atomic E-state index is 0.0421. The predicted octanol–water partition coefficient (Wildman–Crippen LogP) is 2.88. The quantitative estimate of drug-likeness (QED) is 0.879. The average molecular weight is 337 g/mol.